The van der Waals surface area contributed by atoms with Crippen molar-refractivity contribution in [3.05, 3.63) is 30.2 Å². The molecule has 3 rings (SSSR count). The van der Waals surface area contributed by atoms with E-state index in [0.29, 0.717) is 16.9 Å². The molecule has 0 aliphatic rings. The third-order valence-corrected chi connectivity index (χ3v) is 2.36. The smallest absolute Gasteiger partial charge is 0.138 e. The molecule has 3 heterocycles. The summed E-state index contributed by atoms with van der Waals surface area (Å²) in [5.41, 5.74) is 2.81. The van der Waals surface area contributed by atoms with E-state index in [9.17, 15) is 0 Å². The maximum atomic E-state index is 8.91. The number of aromatic amines is 2. The maximum Gasteiger partial charge on any atom is 0.138 e. The fourth-order valence-corrected chi connectivity index (χ4v) is 1.58. The molecule has 0 atom stereocenters. The van der Waals surface area contributed by atoms with Gasteiger partial charge in [-0.1, -0.05) is 0 Å². The van der Waals surface area contributed by atoms with E-state index in [-0.39, 0.29) is 0 Å². The van der Waals surface area contributed by atoms with Crippen LogP contribution in [0.25, 0.3) is 22.3 Å². The van der Waals surface area contributed by atoms with Crippen molar-refractivity contribution in [1.82, 2.24) is 25.4 Å². The minimum atomic E-state index is 0.577. The van der Waals surface area contributed by atoms with Crippen LogP contribution in [0.2, 0.25) is 0 Å². The van der Waals surface area contributed by atoms with Crippen molar-refractivity contribution in [2.24, 2.45) is 0 Å². The van der Waals surface area contributed by atoms with E-state index in [1.54, 1.807) is 18.6 Å². The first-order valence-electron chi connectivity index (χ1n) is 4.62. The molecule has 0 aliphatic carbocycles. The Labute approximate surface area is 89.9 Å². The molecule has 2 N–H and O–H groups in total. The zero-order valence-electron chi connectivity index (χ0n) is 8.10. The first kappa shape index (κ1) is 8.61. The van der Waals surface area contributed by atoms with Crippen LogP contribution in [0, 0.1) is 11.3 Å². The molecule has 3 aromatic rings. The molecule has 76 valence electrons. The van der Waals surface area contributed by atoms with Crippen LogP contribution in [0.5, 0.6) is 0 Å². The number of aromatic nitrogens is 5. The van der Waals surface area contributed by atoms with E-state index in [2.05, 4.69) is 31.4 Å². The number of nitrogens with zero attached hydrogens (tertiary/aromatic N) is 4. The predicted octanol–water partition coefficient (Wildman–Crippen LogP) is 1.22. The van der Waals surface area contributed by atoms with Crippen molar-refractivity contribution >= 4 is 11.0 Å². The first-order chi connectivity index (χ1) is 7.88. The molecule has 16 heavy (non-hydrogen) atoms. The fraction of sp³-hybridized carbons (Fsp3) is 0. The Hall–Kier alpha value is -2.68. The summed E-state index contributed by atoms with van der Waals surface area (Å²) in [4.78, 5) is 7.15. The van der Waals surface area contributed by atoms with Gasteiger partial charge in [0.05, 0.1) is 11.8 Å². The summed E-state index contributed by atoms with van der Waals surface area (Å²) < 4.78 is 0. The van der Waals surface area contributed by atoms with Crippen molar-refractivity contribution in [1.29, 1.82) is 5.26 Å². The Morgan fingerprint density at radius 1 is 1.31 bits per heavy atom. The molecule has 0 amide bonds. The summed E-state index contributed by atoms with van der Waals surface area (Å²) in [5, 5.41) is 19.9. The summed E-state index contributed by atoms with van der Waals surface area (Å²) in [5.74, 6) is 0. The minimum absolute atomic E-state index is 0.577. The summed E-state index contributed by atoms with van der Waals surface area (Å²) in [6.45, 7) is 0. The quantitative estimate of drug-likeness (QED) is 0.631. The van der Waals surface area contributed by atoms with Gasteiger partial charge in [-0.15, -0.1) is 0 Å². The second-order valence-electron chi connectivity index (χ2n) is 3.29. The molecule has 6 heteroatoms. The standard InChI is InChI=1S/C10H6N6/c11-2-7-4-13-10-8(7)1-6(3-12-10)9-5-14-16-15-9/h1,3-5H,(H,12,13)(H,14,15,16). The summed E-state index contributed by atoms with van der Waals surface area (Å²) in [6, 6.07) is 3.98. The number of nitriles is 1. The van der Waals surface area contributed by atoms with Gasteiger partial charge in [-0.3, -0.25) is 0 Å². The van der Waals surface area contributed by atoms with Gasteiger partial charge < -0.3 is 4.98 Å². The average Bonchev–Trinajstić information content (AvgIpc) is 2.97. The Kier molecular flexibility index (Phi) is 1.71. The fourth-order valence-electron chi connectivity index (χ4n) is 1.58. The Morgan fingerprint density at radius 2 is 2.25 bits per heavy atom. The monoisotopic (exact) mass is 210 g/mol. The summed E-state index contributed by atoms with van der Waals surface area (Å²) in [7, 11) is 0. The summed E-state index contributed by atoms with van der Waals surface area (Å²) in [6.07, 6.45) is 4.95. The SMILES string of the molecule is N#Cc1c[nH]c2ncc(-c3cn[nH]n3)cc12. The molecule has 0 fully saturated rings. The van der Waals surface area contributed by atoms with Crippen LogP contribution < -0.4 is 0 Å². The van der Waals surface area contributed by atoms with E-state index in [1.165, 1.54) is 0 Å². The van der Waals surface area contributed by atoms with Crippen LogP contribution in [0.1, 0.15) is 5.56 Å². The highest BCUT2D eigenvalue weighted by Gasteiger charge is 2.07. The Bertz CT molecular complexity index is 673. The van der Waals surface area contributed by atoms with Crippen molar-refractivity contribution in [2.75, 3.05) is 0 Å². The minimum Gasteiger partial charge on any atom is -0.345 e. The van der Waals surface area contributed by atoms with Gasteiger partial charge in [-0.25, -0.2) is 4.98 Å². The van der Waals surface area contributed by atoms with Gasteiger partial charge >= 0.3 is 0 Å². The van der Waals surface area contributed by atoms with E-state index >= 15 is 0 Å². The second kappa shape index (κ2) is 3.17. The van der Waals surface area contributed by atoms with Gasteiger partial charge in [0, 0.05) is 23.3 Å². The molecule has 3 aromatic heterocycles. The second-order valence-corrected chi connectivity index (χ2v) is 3.29. The predicted molar refractivity (Wildman–Crippen MR) is 56.2 cm³/mol. The third-order valence-electron chi connectivity index (χ3n) is 2.36. The van der Waals surface area contributed by atoms with E-state index in [4.69, 9.17) is 5.26 Å². The van der Waals surface area contributed by atoms with Crippen LogP contribution in [-0.4, -0.2) is 25.4 Å². The summed E-state index contributed by atoms with van der Waals surface area (Å²) >= 11 is 0. The highest BCUT2D eigenvalue weighted by molar-refractivity contribution is 5.86. The van der Waals surface area contributed by atoms with E-state index in [1.807, 2.05) is 6.07 Å². The van der Waals surface area contributed by atoms with Crippen molar-refractivity contribution in [2.45, 2.75) is 0 Å². The number of pyridine rings is 1. The van der Waals surface area contributed by atoms with Gasteiger partial charge in [0.25, 0.3) is 0 Å². The normalized spacial score (nSPS) is 10.4. The molecule has 0 aromatic carbocycles. The van der Waals surface area contributed by atoms with Crippen LogP contribution >= 0.6 is 0 Å². The lowest BCUT2D eigenvalue weighted by atomic mass is 10.1. The molecule has 0 radical (unpaired) electrons. The Balaban J connectivity index is 2.26. The number of fused-ring (bicyclic) bond motifs is 1. The zero-order valence-corrected chi connectivity index (χ0v) is 8.10. The van der Waals surface area contributed by atoms with Crippen molar-refractivity contribution in [3.8, 4) is 17.3 Å². The van der Waals surface area contributed by atoms with Crippen molar-refractivity contribution in [3.63, 3.8) is 0 Å². The zero-order chi connectivity index (χ0) is 11.0. The van der Waals surface area contributed by atoms with Crippen LogP contribution in [0.15, 0.2) is 24.7 Å². The molecule has 0 unspecified atom stereocenters. The van der Waals surface area contributed by atoms with E-state index < -0.39 is 0 Å². The van der Waals surface area contributed by atoms with Gasteiger partial charge in [0.15, 0.2) is 0 Å². The average molecular weight is 210 g/mol. The van der Waals surface area contributed by atoms with Gasteiger partial charge in [0.2, 0.25) is 0 Å². The molecule has 0 aliphatic heterocycles. The number of hydrogen-bond donors (Lipinski definition) is 2. The lowest BCUT2D eigenvalue weighted by Crippen LogP contribution is -1.82. The van der Waals surface area contributed by atoms with Crippen molar-refractivity contribution < 1.29 is 0 Å². The third kappa shape index (κ3) is 1.15. The number of rotatable bonds is 1. The van der Waals surface area contributed by atoms with Crippen LogP contribution in [0.4, 0.5) is 0 Å². The first-order valence-corrected chi connectivity index (χ1v) is 4.62. The Morgan fingerprint density at radius 3 is 3.00 bits per heavy atom. The molecule has 0 saturated carbocycles. The van der Waals surface area contributed by atoms with Gasteiger partial charge in [-0.05, 0) is 6.07 Å². The maximum absolute atomic E-state index is 8.91. The molecule has 0 spiro atoms. The van der Waals surface area contributed by atoms with Gasteiger partial charge in [-0.2, -0.15) is 20.7 Å². The largest absolute Gasteiger partial charge is 0.345 e. The molecular weight excluding hydrogens is 204 g/mol. The molecule has 0 bridgehead atoms. The van der Waals surface area contributed by atoms with E-state index in [0.717, 1.165) is 10.9 Å². The highest BCUT2D eigenvalue weighted by atomic mass is 15.3. The number of H-pyrrole nitrogens is 2. The molecular formula is C10H6N6. The lowest BCUT2D eigenvalue weighted by Gasteiger charge is -1.95. The number of nitrogens with one attached hydrogen (secondary N) is 2. The number of hydrogen-bond acceptors (Lipinski definition) is 4. The molecule has 0 saturated heterocycles. The lowest BCUT2D eigenvalue weighted by molar-refractivity contribution is 0.942. The topological polar surface area (TPSA) is 94.0 Å². The highest BCUT2D eigenvalue weighted by Crippen LogP contribution is 2.22. The van der Waals surface area contributed by atoms with Gasteiger partial charge in [0.1, 0.15) is 17.4 Å². The molecule has 6 nitrogen and oxygen atoms in total. The van der Waals surface area contributed by atoms with Crippen LogP contribution in [-0.2, 0) is 0 Å². The van der Waals surface area contributed by atoms with Crippen LogP contribution in [0.3, 0.4) is 0 Å².